The predicted octanol–water partition coefficient (Wildman–Crippen LogP) is -1.58. The van der Waals surface area contributed by atoms with Crippen LogP contribution >= 0.6 is 0 Å². The van der Waals surface area contributed by atoms with Gasteiger partial charge in [0.25, 0.3) is 0 Å². The van der Waals surface area contributed by atoms with Crippen molar-refractivity contribution < 1.29 is 24.0 Å². The molecule has 0 aromatic carbocycles. The molecule has 206 valence electrons. The molecule has 0 aromatic heterocycles. The molecule has 0 aromatic rings. The minimum Gasteiger partial charge on any atom is -0.370 e. The molecule has 13 nitrogen and oxygen atoms in total. The molecule has 0 spiro atoms. The summed E-state index contributed by atoms with van der Waals surface area (Å²) in [5.74, 6) is -2.50. The van der Waals surface area contributed by atoms with E-state index in [2.05, 4.69) is 26.3 Å². The lowest BCUT2D eigenvalue weighted by molar-refractivity contribution is -0.133. The number of guanidine groups is 1. The average Bonchev–Trinajstić information content (AvgIpc) is 2.76. The Bertz CT molecular complexity index is 797. The lowest BCUT2D eigenvalue weighted by Gasteiger charge is -2.24. The van der Waals surface area contributed by atoms with Crippen molar-refractivity contribution in [3.63, 3.8) is 0 Å². The minimum atomic E-state index is -0.941. The number of rotatable bonds is 15. The second-order valence-corrected chi connectivity index (χ2v) is 9.63. The first kappa shape index (κ1) is 32.6. The largest absolute Gasteiger partial charge is 0.370 e. The summed E-state index contributed by atoms with van der Waals surface area (Å²) in [5.41, 5.74) is 11.2. The van der Waals surface area contributed by atoms with E-state index >= 15 is 0 Å². The van der Waals surface area contributed by atoms with Crippen LogP contribution in [0.3, 0.4) is 0 Å². The summed E-state index contributed by atoms with van der Waals surface area (Å²) in [6.07, 6.45) is 1.02. The van der Waals surface area contributed by atoms with Gasteiger partial charge < -0.3 is 37.6 Å². The van der Waals surface area contributed by atoms with Gasteiger partial charge in [0.2, 0.25) is 29.5 Å². The van der Waals surface area contributed by atoms with Crippen LogP contribution in [0.25, 0.3) is 0 Å². The van der Waals surface area contributed by atoms with Gasteiger partial charge in [-0.2, -0.15) is 0 Å². The van der Waals surface area contributed by atoms with Gasteiger partial charge in [-0.25, -0.2) is 0 Å². The van der Waals surface area contributed by atoms with Crippen LogP contribution in [0.1, 0.15) is 53.9 Å². The molecular weight excluding hydrogens is 468 g/mol. The van der Waals surface area contributed by atoms with Crippen LogP contribution in [0.15, 0.2) is 4.99 Å². The first-order chi connectivity index (χ1) is 16.6. The highest BCUT2D eigenvalue weighted by Gasteiger charge is 2.27. The first-order valence-electron chi connectivity index (χ1n) is 12.1. The summed E-state index contributed by atoms with van der Waals surface area (Å²) < 4.78 is 0. The van der Waals surface area contributed by atoms with E-state index in [-0.39, 0.29) is 30.7 Å². The second-order valence-electron chi connectivity index (χ2n) is 9.63. The highest BCUT2D eigenvalue weighted by Crippen LogP contribution is 2.07. The molecular formula is C23H44N8O5. The maximum atomic E-state index is 12.9. The van der Waals surface area contributed by atoms with Crippen molar-refractivity contribution in [2.45, 2.75) is 72.0 Å². The molecule has 0 radical (unpaired) electrons. The van der Waals surface area contributed by atoms with Crippen molar-refractivity contribution in [3.8, 4) is 0 Å². The standard InChI is InChI=1S/C23H44N8O5/c1-13(2)11-17(29-18(33)12-27-22(36)19(14(3)4)28-15(5)32)21(35)30-16(20(24)34)9-8-10-26-23(25)31(6)7/h13-14,16-17,19H,8-12H2,1-7H3,(H2,24,34)(H2,25,26)(H,27,36)(H,28,32)(H,29,33)(H,30,35)/t16-,17-,19-/m0/s1. The molecule has 0 unspecified atom stereocenters. The number of primary amides is 1. The molecule has 0 fully saturated rings. The molecule has 0 saturated carbocycles. The number of hydrogen-bond acceptors (Lipinski definition) is 6. The predicted molar refractivity (Wildman–Crippen MR) is 137 cm³/mol. The van der Waals surface area contributed by atoms with Crippen LogP contribution in [-0.4, -0.2) is 85.7 Å². The SMILES string of the molecule is CC(=O)N[C@H](C(=O)NCC(=O)N[C@@H](CC(C)C)C(=O)N[C@@H](CCCN=C(N)N(C)C)C(N)=O)C(C)C. The number of nitrogens with one attached hydrogen (secondary N) is 4. The maximum absolute atomic E-state index is 12.9. The fourth-order valence-electron chi connectivity index (χ4n) is 3.17. The normalized spacial score (nSPS) is 14.0. The minimum absolute atomic E-state index is 0.0519. The summed E-state index contributed by atoms with van der Waals surface area (Å²) in [4.78, 5) is 66.8. The van der Waals surface area contributed by atoms with E-state index in [0.717, 1.165) is 0 Å². The number of nitrogens with two attached hydrogens (primary N) is 2. The Morgan fingerprint density at radius 3 is 1.97 bits per heavy atom. The smallest absolute Gasteiger partial charge is 0.243 e. The molecule has 0 heterocycles. The third-order valence-corrected chi connectivity index (χ3v) is 5.13. The Morgan fingerprint density at radius 2 is 1.50 bits per heavy atom. The Morgan fingerprint density at radius 1 is 0.889 bits per heavy atom. The number of nitrogens with zero attached hydrogens (tertiary/aromatic N) is 2. The lowest BCUT2D eigenvalue weighted by Crippen LogP contribution is -2.55. The number of carbonyl (C=O) groups excluding carboxylic acids is 5. The van der Waals surface area contributed by atoms with Gasteiger partial charge in [-0.3, -0.25) is 29.0 Å². The summed E-state index contributed by atoms with van der Waals surface area (Å²) in [6, 6.07) is -2.67. The quantitative estimate of drug-likeness (QED) is 0.0863. The molecule has 0 saturated heterocycles. The zero-order valence-electron chi connectivity index (χ0n) is 22.5. The van der Waals surface area contributed by atoms with Crippen LogP contribution in [0.5, 0.6) is 0 Å². The molecule has 5 amide bonds. The Hall–Kier alpha value is -3.38. The van der Waals surface area contributed by atoms with E-state index in [9.17, 15) is 24.0 Å². The summed E-state index contributed by atoms with van der Waals surface area (Å²) in [6.45, 7) is 8.57. The van der Waals surface area contributed by atoms with E-state index in [1.54, 1.807) is 32.8 Å². The van der Waals surface area contributed by atoms with Gasteiger partial charge >= 0.3 is 0 Å². The topological polar surface area (TPSA) is 201 Å². The van der Waals surface area contributed by atoms with Crippen LogP contribution in [0.4, 0.5) is 0 Å². The number of carbonyl (C=O) groups is 5. The van der Waals surface area contributed by atoms with Crippen LogP contribution in [-0.2, 0) is 24.0 Å². The van der Waals surface area contributed by atoms with Gasteiger partial charge in [-0.15, -0.1) is 0 Å². The van der Waals surface area contributed by atoms with Crippen molar-refractivity contribution in [1.82, 2.24) is 26.2 Å². The summed E-state index contributed by atoms with van der Waals surface area (Å²) in [7, 11) is 3.51. The second kappa shape index (κ2) is 16.3. The molecule has 3 atom stereocenters. The molecule has 0 rings (SSSR count). The van der Waals surface area contributed by atoms with Crippen molar-refractivity contribution in [1.29, 1.82) is 0 Å². The molecule has 0 aliphatic heterocycles. The molecule has 8 N–H and O–H groups in total. The van der Waals surface area contributed by atoms with Gasteiger partial charge in [0.1, 0.15) is 18.1 Å². The zero-order valence-corrected chi connectivity index (χ0v) is 22.5. The molecule has 0 aliphatic rings. The fourth-order valence-corrected chi connectivity index (χ4v) is 3.17. The van der Waals surface area contributed by atoms with Gasteiger partial charge in [0.05, 0.1) is 6.54 Å². The van der Waals surface area contributed by atoms with Gasteiger partial charge in [-0.05, 0) is 31.1 Å². The van der Waals surface area contributed by atoms with Gasteiger partial charge in [-0.1, -0.05) is 27.7 Å². The summed E-state index contributed by atoms with van der Waals surface area (Å²) in [5, 5.41) is 10.2. The monoisotopic (exact) mass is 512 g/mol. The van der Waals surface area contributed by atoms with Crippen molar-refractivity contribution >= 4 is 35.5 Å². The van der Waals surface area contributed by atoms with Crippen LogP contribution < -0.4 is 32.7 Å². The number of hydrogen-bond donors (Lipinski definition) is 6. The molecule has 0 aliphatic carbocycles. The fraction of sp³-hybridized carbons (Fsp3) is 0.739. The van der Waals surface area contributed by atoms with Gasteiger partial charge in [0.15, 0.2) is 5.96 Å². The Balaban J connectivity index is 5.08. The van der Waals surface area contributed by atoms with E-state index in [1.807, 2.05) is 13.8 Å². The molecule has 0 bridgehead atoms. The van der Waals surface area contributed by atoms with Crippen molar-refractivity contribution in [2.24, 2.45) is 28.3 Å². The highest BCUT2D eigenvalue weighted by molar-refractivity contribution is 5.93. The Kier molecular flexibility index (Phi) is 14.8. The Labute approximate surface area is 213 Å². The lowest BCUT2D eigenvalue weighted by atomic mass is 10.0. The van der Waals surface area contributed by atoms with Crippen LogP contribution in [0, 0.1) is 11.8 Å². The third kappa shape index (κ3) is 13.5. The van der Waals surface area contributed by atoms with E-state index in [1.165, 1.54) is 6.92 Å². The zero-order chi connectivity index (χ0) is 28.0. The highest BCUT2D eigenvalue weighted by atomic mass is 16.2. The van der Waals surface area contributed by atoms with Crippen molar-refractivity contribution in [2.75, 3.05) is 27.2 Å². The van der Waals surface area contributed by atoms with E-state index in [0.29, 0.717) is 25.3 Å². The number of amides is 5. The van der Waals surface area contributed by atoms with E-state index < -0.39 is 41.8 Å². The summed E-state index contributed by atoms with van der Waals surface area (Å²) >= 11 is 0. The number of aliphatic imine (C=N–C) groups is 1. The first-order valence-corrected chi connectivity index (χ1v) is 12.1. The van der Waals surface area contributed by atoms with Crippen LogP contribution in [0.2, 0.25) is 0 Å². The average molecular weight is 513 g/mol. The third-order valence-electron chi connectivity index (χ3n) is 5.13. The van der Waals surface area contributed by atoms with Gasteiger partial charge in [0, 0.05) is 27.6 Å². The molecule has 13 heteroatoms. The molecule has 36 heavy (non-hydrogen) atoms. The van der Waals surface area contributed by atoms with E-state index in [4.69, 9.17) is 11.5 Å². The van der Waals surface area contributed by atoms with Crippen molar-refractivity contribution in [3.05, 3.63) is 0 Å². The maximum Gasteiger partial charge on any atom is 0.243 e.